The van der Waals surface area contributed by atoms with Gasteiger partial charge in [-0.25, -0.2) is 0 Å². The molecule has 1 saturated heterocycles. The van der Waals surface area contributed by atoms with Gasteiger partial charge in [0.1, 0.15) is 5.75 Å². The van der Waals surface area contributed by atoms with Gasteiger partial charge in [-0.3, -0.25) is 9.79 Å². The molecule has 32 heavy (non-hydrogen) atoms. The second-order valence-corrected chi connectivity index (χ2v) is 8.25. The zero-order valence-corrected chi connectivity index (χ0v) is 21.6. The molecule has 2 aromatic carbocycles. The molecular formula is C25H35IN4O2. The predicted octanol–water partition coefficient (Wildman–Crippen LogP) is 3.80. The van der Waals surface area contributed by atoms with Crippen molar-refractivity contribution in [3.8, 4) is 5.75 Å². The molecule has 0 saturated carbocycles. The topological polar surface area (TPSA) is 57.2 Å². The third kappa shape index (κ3) is 8.00. The lowest BCUT2D eigenvalue weighted by Crippen LogP contribution is -2.45. The maximum Gasteiger partial charge on any atom is 0.259 e. The van der Waals surface area contributed by atoms with Crippen molar-refractivity contribution in [3.05, 3.63) is 65.7 Å². The third-order valence-electron chi connectivity index (χ3n) is 5.70. The Kier molecular flexibility index (Phi) is 10.8. The summed E-state index contributed by atoms with van der Waals surface area (Å²) in [6, 6.07) is 18.6. The zero-order valence-electron chi connectivity index (χ0n) is 19.3. The SMILES string of the molecule is CN=C(NCc1cccc(OCC(=O)N(C)C)c1)N1CCC(Cc2ccccc2)CC1.I. The van der Waals surface area contributed by atoms with E-state index in [9.17, 15) is 4.79 Å². The number of rotatable bonds is 7. The fourth-order valence-electron chi connectivity index (χ4n) is 3.83. The summed E-state index contributed by atoms with van der Waals surface area (Å²) in [4.78, 5) is 20.1. The van der Waals surface area contributed by atoms with E-state index in [0.717, 1.165) is 37.0 Å². The van der Waals surface area contributed by atoms with Crippen molar-refractivity contribution < 1.29 is 9.53 Å². The van der Waals surface area contributed by atoms with Crippen molar-refractivity contribution in [1.82, 2.24) is 15.1 Å². The molecule has 1 N–H and O–H groups in total. The molecule has 3 rings (SSSR count). The molecule has 0 atom stereocenters. The normalized spacial score (nSPS) is 14.5. The van der Waals surface area contributed by atoms with Crippen molar-refractivity contribution in [3.63, 3.8) is 0 Å². The summed E-state index contributed by atoms with van der Waals surface area (Å²) in [5.41, 5.74) is 2.52. The number of benzene rings is 2. The van der Waals surface area contributed by atoms with Gasteiger partial charge in [0, 0.05) is 40.8 Å². The van der Waals surface area contributed by atoms with E-state index in [4.69, 9.17) is 4.74 Å². The van der Waals surface area contributed by atoms with Gasteiger partial charge < -0.3 is 19.9 Å². The van der Waals surface area contributed by atoms with Gasteiger partial charge in [-0.05, 0) is 48.4 Å². The van der Waals surface area contributed by atoms with Crippen LogP contribution >= 0.6 is 24.0 Å². The molecule has 7 heteroatoms. The van der Waals surface area contributed by atoms with Crippen LogP contribution in [0.5, 0.6) is 5.75 Å². The second kappa shape index (κ2) is 13.3. The summed E-state index contributed by atoms with van der Waals surface area (Å²) in [5.74, 6) is 2.31. The number of hydrogen-bond acceptors (Lipinski definition) is 3. The zero-order chi connectivity index (χ0) is 22.1. The molecule has 6 nitrogen and oxygen atoms in total. The number of hydrogen-bond donors (Lipinski definition) is 1. The van der Waals surface area contributed by atoms with Crippen molar-refractivity contribution in [1.29, 1.82) is 0 Å². The number of nitrogens with one attached hydrogen (secondary N) is 1. The Labute approximate surface area is 209 Å². The lowest BCUT2D eigenvalue weighted by molar-refractivity contribution is -0.130. The standard InChI is InChI=1S/C25H34N4O2.HI/c1-26-25(29-14-12-21(13-15-29)16-20-8-5-4-6-9-20)27-18-22-10-7-11-23(17-22)31-19-24(30)28(2)3;/h4-11,17,21H,12-16,18-19H2,1-3H3,(H,26,27);1H. The van der Waals surface area contributed by atoms with Gasteiger partial charge in [0.2, 0.25) is 0 Å². The Bertz CT molecular complexity index is 865. The Morgan fingerprint density at radius 2 is 1.78 bits per heavy atom. The first kappa shape index (κ1) is 26.0. The Balaban J connectivity index is 0.00000363. The number of likely N-dealkylation sites (tertiary alicyclic amines) is 1. The van der Waals surface area contributed by atoms with Crippen LogP contribution in [0.2, 0.25) is 0 Å². The number of nitrogens with zero attached hydrogens (tertiary/aromatic N) is 3. The van der Waals surface area contributed by atoms with E-state index in [-0.39, 0.29) is 36.5 Å². The van der Waals surface area contributed by atoms with Crippen LogP contribution in [-0.2, 0) is 17.8 Å². The summed E-state index contributed by atoms with van der Waals surface area (Å²) >= 11 is 0. The van der Waals surface area contributed by atoms with Gasteiger partial charge >= 0.3 is 0 Å². The van der Waals surface area contributed by atoms with Gasteiger partial charge in [-0.15, -0.1) is 24.0 Å². The fraction of sp³-hybridized carbons (Fsp3) is 0.440. The van der Waals surface area contributed by atoms with Gasteiger partial charge in [0.25, 0.3) is 5.91 Å². The Hall–Kier alpha value is -2.29. The first-order chi connectivity index (χ1) is 15.0. The largest absolute Gasteiger partial charge is 0.484 e. The quantitative estimate of drug-likeness (QED) is 0.324. The molecule has 1 fully saturated rings. The lowest BCUT2D eigenvalue weighted by Gasteiger charge is -2.34. The lowest BCUT2D eigenvalue weighted by atomic mass is 9.90. The van der Waals surface area contributed by atoms with Gasteiger partial charge in [0.05, 0.1) is 0 Å². The van der Waals surface area contributed by atoms with E-state index in [1.165, 1.54) is 23.3 Å². The molecule has 0 spiro atoms. The molecule has 0 radical (unpaired) electrons. The average Bonchev–Trinajstić information content (AvgIpc) is 2.80. The number of piperidine rings is 1. The van der Waals surface area contributed by atoms with E-state index < -0.39 is 0 Å². The highest BCUT2D eigenvalue weighted by atomic mass is 127. The highest BCUT2D eigenvalue weighted by Crippen LogP contribution is 2.22. The van der Waals surface area contributed by atoms with E-state index in [1.807, 2.05) is 31.3 Å². The summed E-state index contributed by atoms with van der Waals surface area (Å²) in [7, 11) is 5.29. The van der Waals surface area contributed by atoms with Crippen molar-refractivity contribution in [2.24, 2.45) is 10.9 Å². The van der Waals surface area contributed by atoms with Gasteiger partial charge in [0.15, 0.2) is 12.6 Å². The third-order valence-corrected chi connectivity index (χ3v) is 5.70. The van der Waals surface area contributed by atoms with Gasteiger partial charge in [-0.2, -0.15) is 0 Å². The minimum atomic E-state index is -0.0559. The number of ether oxygens (including phenoxy) is 1. The van der Waals surface area contributed by atoms with Crippen molar-refractivity contribution in [2.75, 3.05) is 40.8 Å². The first-order valence-electron chi connectivity index (χ1n) is 11.0. The number of carbonyl (C=O) groups is 1. The summed E-state index contributed by atoms with van der Waals surface area (Å²) in [6.07, 6.45) is 3.52. The van der Waals surface area contributed by atoms with Crippen molar-refractivity contribution >= 4 is 35.8 Å². The molecular weight excluding hydrogens is 515 g/mol. The highest BCUT2D eigenvalue weighted by molar-refractivity contribution is 14.0. The number of halogens is 1. The van der Waals surface area contributed by atoms with E-state index in [0.29, 0.717) is 12.3 Å². The van der Waals surface area contributed by atoms with Crippen LogP contribution in [0.4, 0.5) is 0 Å². The molecule has 0 aliphatic carbocycles. The average molecular weight is 550 g/mol. The molecule has 174 valence electrons. The highest BCUT2D eigenvalue weighted by Gasteiger charge is 2.21. The molecule has 1 heterocycles. The maximum absolute atomic E-state index is 11.7. The van der Waals surface area contributed by atoms with Crippen LogP contribution in [0.25, 0.3) is 0 Å². The molecule has 2 aromatic rings. The van der Waals surface area contributed by atoms with Crippen LogP contribution in [0.3, 0.4) is 0 Å². The Morgan fingerprint density at radius 1 is 1.09 bits per heavy atom. The molecule has 1 aliphatic rings. The van der Waals surface area contributed by atoms with Crippen LogP contribution in [0.1, 0.15) is 24.0 Å². The number of guanidine groups is 1. The predicted molar refractivity (Wildman–Crippen MR) is 141 cm³/mol. The number of amides is 1. The number of aliphatic imine (C=N–C) groups is 1. The molecule has 0 bridgehead atoms. The van der Waals surface area contributed by atoms with E-state index in [2.05, 4.69) is 45.5 Å². The van der Waals surface area contributed by atoms with Gasteiger partial charge in [-0.1, -0.05) is 42.5 Å². The molecule has 0 aromatic heterocycles. The van der Waals surface area contributed by atoms with Crippen LogP contribution in [0.15, 0.2) is 59.6 Å². The monoisotopic (exact) mass is 550 g/mol. The van der Waals surface area contributed by atoms with E-state index in [1.54, 1.807) is 14.1 Å². The maximum atomic E-state index is 11.7. The number of likely N-dealkylation sites (N-methyl/N-ethyl adjacent to an activating group) is 1. The van der Waals surface area contributed by atoms with Crippen LogP contribution in [-0.4, -0.2) is 62.5 Å². The first-order valence-corrected chi connectivity index (χ1v) is 11.0. The summed E-state index contributed by atoms with van der Waals surface area (Å²) in [5, 5.41) is 3.48. The molecule has 1 amide bonds. The van der Waals surface area contributed by atoms with Crippen LogP contribution < -0.4 is 10.1 Å². The number of carbonyl (C=O) groups excluding carboxylic acids is 1. The Morgan fingerprint density at radius 3 is 2.44 bits per heavy atom. The summed E-state index contributed by atoms with van der Waals surface area (Å²) < 4.78 is 5.62. The molecule has 0 unspecified atom stereocenters. The second-order valence-electron chi connectivity index (χ2n) is 8.25. The van der Waals surface area contributed by atoms with E-state index >= 15 is 0 Å². The van der Waals surface area contributed by atoms with Crippen LogP contribution in [0, 0.1) is 5.92 Å². The smallest absolute Gasteiger partial charge is 0.259 e. The fourth-order valence-corrected chi connectivity index (χ4v) is 3.83. The minimum Gasteiger partial charge on any atom is -0.484 e. The van der Waals surface area contributed by atoms with Crippen molar-refractivity contribution in [2.45, 2.75) is 25.8 Å². The minimum absolute atomic E-state index is 0. The molecule has 1 aliphatic heterocycles. The summed E-state index contributed by atoms with van der Waals surface area (Å²) in [6.45, 7) is 2.75.